The standard InChI is InChI=1S/C21H20FN3O3/c1-3-27-18-7-5-4-6-16(18)20-23-21(28-24-20)14-11-19(26)25(12-14)15-8-9-17(22)13(2)10-15/h4-10,14H,3,11-12H2,1-2H3. The number of hydrogen-bond acceptors (Lipinski definition) is 5. The van der Waals surface area contributed by atoms with Crippen LogP contribution in [0.4, 0.5) is 10.1 Å². The number of halogens is 1. The van der Waals surface area contributed by atoms with Gasteiger partial charge in [-0.25, -0.2) is 4.39 Å². The highest BCUT2D eigenvalue weighted by molar-refractivity contribution is 5.96. The molecule has 0 aliphatic carbocycles. The molecule has 1 aliphatic heterocycles. The number of carbonyl (C=O) groups excluding carboxylic acids is 1. The Morgan fingerprint density at radius 2 is 2.11 bits per heavy atom. The minimum Gasteiger partial charge on any atom is -0.493 e. The molecule has 0 saturated carbocycles. The lowest BCUT2D eigenvalue weighted by Crippen LogP contribution is -2.24. The Hall–Kier alpha value is -3.22. The van der Waals surface area contributed by atoms with Gasteiger partial charge in [0.2, 0.25) is 17.6 Å². The van der Waals surface area contributed by atoms with Gasteiger partial charge >= 0.3 is 0 Å². The van der Waals surface area contributed by atoms with Gasteiger partial charge in [0.1, 0.15) is 11.6 Å². The van der Waals surface area contributed by atoms with E-state index in [1.165, 1.54) is 6.07 Å². The highest BCUT2D eigenvalue weighted by atomic mass is 19.1. The number of aromatic nitrogens is 2. The average molecular weight is 381 g/mol. The SMILES string of the molecule is CCOc1ccccc1-c1noc(C2CC(=O)N(c3ccc(F)c(C)c3)C2)n1. The lowest BCUT2D eigenvalue weighted by atomic mass is 10.1. The van der Waals surface area contributed by atoms with E-state index in [0.717, 1.165) is 5.56 Å². The van der Waals surface area contributed by atoms with Crippen LogP contribution in [-0.4, -0.2) is 29.2 Å². The fourth-order valence-electron chi connectivity index (χ4n) is 3.36. The Morgan fingerprint density at radius 1 is 1.29 bits per heavy atom. The van der Waals surface area contributed by atoms with Gasteiger partial charge in [-0.1, -0.05) is 17.3 Å². The molecule has 3 aromatic rings. The zero-order valence-corrected chi connectivity index (χ0v) is 15.7. The van der Waals surface area contributed by atoms with E-state index in [-0.39, 0.29) is 24.1 Å². The molecule has 0 N–H and O–H groups in total. The van der Waals surface area contributed by atoms with Crippen LogP contribution < -0.4 is 9.64 Å². The van der Waals surface area contributed by atoms with Crippen LogP contribution >= 0.6 is 0 Å². The molecule has 1 saturated heterocycles. The summed E-state index contributed by atoms with van der Waals surface area (Å²) in [6.45, 7) is 4.54. The van der Waals surface area contributed by atoms with Crippen LogP contribution in [-0.2, 0) is 4.79 Å². The lowest BCUT2D eigenvalue weighted by molar-refractivity contribution is -0.117. The van der Waals surface area contributed by atoms with E-state index in [9.17, 15) is 9.18 Å². The first kappa shape index (κ1) is 18.2. The van der Waals surface area contributed by atoms with Gasteiger partial charge in [-0.05, 0) is 49.7 Å². The zero-order valence-electron chi connectivity index (χ0n) is 15.7. The summed E-state index contributed by atoms with van der Waals surface area (Å²) in [5, 5.41) is 4.08. The zero-order chi connectivity index (χ0) is 19.7. The highest BCUT2D eigenvalue weighted by Gasteiger charge is 2.35. The third-order valence-electron chi connectivity index (χ3n) is 4.80. The van der Waals surface area contributed by atoms with Gasteiger partial charge in [0, 0.05) is 18.7 Å². The van der Waals surface area contributed by atoms with E-state index in [1.807, 2.05) is 31.2 Å². The van der Waals surface area contributed by atoms with Crippen molar-refractivity contribution in [2.75, 3.05) is 18.1 Å². The summed E-state index contributed by atoms with van der Waals surface area (Å²) in [6, 6.07) is 12.1. The maximum absolute atomic E-state index is 13.5. The van der Waals surface area contributed by atoms with Crippen molar-refractivity contribution in [2.24, 2.45) is 0 Å². The number of carbonyl (C=O) groups is 1. The number of anilines is 1. The molecule has 7 heteroatoms. The molecule has 1 aliphatic rings. The summed E-state index contributed by atoms with van der Waals surface area (Å²) < 4.78 is 24.6. The Balaban J connectivity index is 1.57. The fraction of sp³-hybridized carbons (Fsp3) is 0.286. The van der Waals surface area contributed by atoms with E-state index in [4.69, 9.17) is 9.26 Å². The van der Waals surface area contributed by atoms with Crippen LogP contribution in [0.3, 0.4) is 0 Å². The molecule has 6 nitrogen and oxygen atoms in total. The lowest BCUT2D eigenvalue weighted by Gasteiger charge is -2.16. The van der Waals surface area contributed by atoms with Gasteiger partial charge in [0.25, 0.3) is 0 Å². The molecular weight excluding hydrogens is 361 g/mol. The number of hydrogen-bond donors (Lipinski definition) is 0. The molecule has 1 atom stereocenters. The Kier molecular flexibility index (Phi) is 4.81. The normalized spacial score (nSPS) is 16.6. The van der Waals surface area contributed by atoms with E-state index >= 15 is 0 Å². The van der Waals surface area contributed by atoms with Crippen LogP contribution in [0.15, 0.2) is 47.0 Å². The van der Waals surface area contributed by atoms with Crippen molar-refractivity contribution in [3.05, 3.63) is 59.7 Å². The van der Waals surface area contributed by atoms with Crippen molar-refractivity contribution < 1.29 is 18.4 Å². The smallest absolute Gasteiger partial charge is 0.232 e. The molecule has 0 radical (unpaired) electrons. The average Bonchev–Trinajstić information content (AvgIpc) is 3.32. The molecule has 1 fully saturated rings. The predicted octanol–water partition coefficient (Wildman–Crippen LogP) is 4.10. The van der Waals surface area contributed by atoms with Crippen molar-refractivity contribution in [3.63, 3.8) is 0 Å². The molecule has 2 aromatic carbocycles. The first-order chi connectivity index (χ1) is 13.6. The van der Waals surface area contributed by atoms with Gasteiger partial charge in [-0.3, -0.25) is 4.79 Å². The second kappa shape index (κ2) is 7.42. The largest absolute Gasteiger partial charge is 0.493 e. The Labute approximate surface area is 161 Å². The number of nitrogens with zero attached hydrogens (tertiary/aromatic N) is 3. The molecule has 0 bridgehead atoms. The second-order valence-corrected chi connectivity index (χ2v) is 6.72. The maximum atomic E-state index is 13.5. The van der Waals surface area contributed by atoms with Gasteiger partial charge in [-0.2, -0.15) is 4.98 Å². The van der Waals surface area contributed by atoms with Gasteiger partial charge in [-0.15, -0.1) is 0 Å². The first-order valence-corrected chi connectivity index (χ1v) is 9.19. The molecule has 4 rings (SSSR count). The Bertz CT molecular complexity index is 1020. The number of amides is 1. The third kappa shape index (κ3) is 3.35. The van der Waals surface area contributed by atoms with Crippen LogP contribution in [0.1, 0.15) is 30.7 Å². The second-order valence-electron chi connectivity index (χ2n) is 6.72. The van der Waals surface area contributed by atoms with E-state index < -0.39 is 0 Å². The Morgan fingerprint density at radius 3 is 2.89 bits per heavy atom. The molecule has 1 amide bonds. The molecule has 1 aromatic heterocycles. The third-order valence-corrected chi connectivity index (χ3v) is 4.80. The number of para-hydroxylation sites is 1. The quantitative estimate of drug-likeness (QED) is 0.665. The van der Waals surface area contributed by atoms with Gasteiger partial charge in [0.05, 0.1) is 18.1 Å². The summed E-state index contributed by atoms with van der Waals surface area (Å²) in [7, 11) is 0. The van der Waals surface area contributed by atoms with Gasteiger partial charge in [0.15, 0.2) is 0 Å². The summed E-state index contributed by atoms with van der Waals surface area (Å²) in [4.78, 5) is 18.6. The minimum atomic E-state index is -0.290. The van der Waals surface area contributed by atoms with Crippen LogP contribution in [0.25, 0.3) is 11.4 Å². The fourth-order valence-corrected chi connectivity index (χ4v) is 3.36. The van der Waals surface area contributed by atoms with E-state index in [2.05, 4.69) is 10.1 Å². The highest BCUT2D eigenvalue weighted by Crippen LogP contribution is 2.34. The van der Waals surface area contributed by atoms with E-state index in [0.29, 0.717) is 41.9 Å². The number of benzene rings is 2. The molecule has 28 heavy (non-hydrogen) atoms. The van der Waals surface area contributed by atoms with Crippen molar-refractivity contribution in [3.8, 4) is 17.1 Å². The molecule has 2 heterocycles. The summed E-state index contributed by atoms with van der Waals surface area (Å²) in [5.41, 5.74) is 1.92. The summed E-state index contributed by atoms with van der Waals surface area (Å²) in [6.07, 6.45) is 0.269. The predicted molar refractivity (Wildman–Crippen MR) is 102 cm³/mol. The summed E-state index contributed by atoms with van der Waals surface area (Å²) in [5.74, 6) is 0.979. The van der Waals surface area contributed by atoms with Crippen molar-refractivity contribution >= 4 is 11.6 Å². The first-order valence-electron chi connectivity index (χ1n) is 9.19. The van der Waals surface area contributed by atoms with Crippen LogP contribution in [0, 0.1) is 12.7 Å². The topological polar surface area (TPSA) is 68.5 Å². The van der Waals surface area contributed by atoms with Crippen molar-refractivity contribution in [1.82, 2.24) is 10.1 Å². The number of aryl methyl sites for hydroxylation is 1. The monoisotopic (exact) mass is 381 g/mol. The molecule has 0 spiro atoms. The van der Waals surface area contributed by atoms with Gasteiger partial charge < -0.3 is 14.2 Å². The van der Waals surface area contributed by atoms with Crippen LogP contribution in [0.5, 0.6) is 5.75 Å². The summed E-state index contributed by atoms with van der Waals surface area (Å²) >= 11 is 0. The van der Waals surface area contributed by atoms with Crippen molar-refractivity contribution in [2.45, 2.75) is 26.2 Å². The molecule has 144 valence electrons. The van der Waals surface area contributed by atoms with Crippen LogP contribution in [0.2, 0.25) is 0 Å². The van der Waals surface area contributed by atoms with Crippen molar-refractivity contribution in [1.29, 1.82) is 0 Å². The molecular formula is C21H20FN3O3. The molecule has 1 unspecified atom stereocenters. The van der Waals surface area contributed by atoms with E-state index in [1.54, 1.807) is 24.0 Å². The number of rotatable bonds is 5. The maximum Gasteiger partial charge on any atom is 0.232 e. The minimum absolute atomic E-state index is 0.0505. The number of ether oxygens (including phenoxy) is 1.